The molecule has 2 saturated heterocycles. The zero-order valence-electron chi connectivity index (χ0n) is 20.6. The van der Waals surface area contributed by atoms with Crippen LogP contribution in [0.3, 0.4) is 0 Å². The van der Waals surface area contributed by atoms with Crippen molar-refractivity contribution in [3.8, 4) is 5.69 Å². The number of benzene rings is 2. The van der Waals surface area contributed by atoms with Crippen molar-refractivity contribution >= 4 is 23.9 Å². The molecule has 2 fully saturated rings. The molecule has 35 heavy (non-hydrogen) atoms. The predicted octanol–water partition coefficient (Wildman–Crippen LogP) is 3.47. The largest absolute Gasteiger partial charge is 0.378 e. The fourth-order valence-electron chi connectivity index (χ4n) is 4.71. The van der Waals surface area contributed by atoms with E-state index in [1.165, 1.54) is 16.8 Å². The Morgan fingerprint density at radius 2 is 1.51 bits per heavy atom. The first-order valence-electron chi connectivity index (χ1n) is 12.3. The van der Waals surface area contributed by atoms with E-state index >= 15 is 0 Å². The first kappa shape index (κ1) is 24.0. The summed E-state index contributed by atoms with van der Waals surface area (Å²) in [7, 11) is 2.11. The smallest absolute Gasteiger partial charge is 0.230 e. The molecule has 2 aliphatic rings. The third kappa shape index (κ3) is 5.43. The van der Waals surface area contributed by atoms with Gasteiger partial charge >= 0.3 is 0 Å². The Morgan fingerprint density at radius 1 is 0.886 bits per heavy atom. The van der Waals surface area contributed by atoms with Gasteiger partial charge in [-0.3, -0.25) is 9.47 Å². The van der Waals surface area contributed by atoms with Crippen LogP contribution in [0.2, 0.25) is 0 Å². The van der Waals surface area contributed by atoms with Crippen molar-refractivity contribution in [3.63, 3.8) is 0 Å². The standard InChI is InChI=1S/C26H34N6O2S/c1-21-5-3-4-6-24(21)32-25(30-13-17-34-18-14-30)27-31(26(32)35)20-28(2)19-22-7-9-23(10-8-22)29-11-15-33-16-12-29/h3-10H,11-20H2,1-2H3. The van der Waals surface area contributed by atoms with Gasteiger partial charge in [0.15, 0.2) is 0 Å². The summed E-state index contributed by atoms with van der Waals surface area (Å²) >= 11 is 5.96. The van der Waals surface area contributed by atoms with Crippen LogP contribution in [0.1, 0.15) is 11.1 Å². The quantitative estimate of drug-likeness (QED) is 0.466. The Balaban J connectivity index is 1.35. The Bertz CT molecular complexity index is 1180. The van der Waals surface area contributed by atoms with Crippen LogP contribution in [0.15, 0.2) is 48.5 Å². The molecule has 0 aliphatic carbocycles. The molecule has 2 aromatic carbocycles. The van der Waals surface area contributed by atoms with Crippen LogP contribution in [0.4, 0.5) is 11.6 Å². The number of nitrogens with zero attached hydrogens (tertiary/aromatic N) is 6. The molecule has 186 valence electrons. The summed E-state index contributed by atoms with van der Waals surface area (Å²) in [5.41, 5.74) is 4.77. The van der Waals surface area contributed by atoms with Crippen LogP contribution < -0.4 is 9.80 Å². The maximum absolute atomic E-state index is 5.96. The van der Waals surface area contributed by atoms with Crippen molar-refractivity contribution in [3.05, 3.63) is 64.4 Å². The molecule has 8 nitrogen and oxygen atoms in total. The molecule has 3 heterocycles. The molecule has 0 spiro atoms. The first-order chi connectivity index (χ1) is 17.1. The third-order valence-electron chi connectivity index (χ3n) is 6.61. The van der Waals surface area contributed by atoms with Crippen molar-refractivity contribution < 1.29 is 9.47 Å². The summed E-state index contributed by atoms with van der Waals surface area (Å²) < 4.78 is 15.8. The second-order valence-electron chi connectivity index (χ2n) is 9.22. The van der Waals surface area contributed by atoms with Gasteiger partial charge < -0.3 is 19.3 Å². The van der Waals surface area contributed by atoms with E-state index in [1.807, 2.05) is 4.68 Å². The number of aromatic nitrogens is 3. The number of hydrogen-bond acceptors (Lipinski definition) is 7. The molecule has 0 saturated carbocycles. The predicted molar refractivity (Wildman–Crippen MR) is 141 cm³/mol. The second-order valence-corrected chi connectivity index (χ2v) is 9.59. The van der Waals surface area contributed by atoms with Crippen LogP contribution in [-0.2, 0) is 22.7 Å². The molecule has 0 bridgehead atoms. The van der Waals surface area contributed by atoms with Crippen LogP contribution >= 0.6 is 12.2 Å². The number of morpholine rings is 2. The topological polar surface area (TPSA) is 50.9 Å². The molecule has 0 amide bonds. The van der Waals surface area contributed by atoms with Crippen molar-refractivity contribution in [2.75, 3.05) is 69.5 Å². The van der Waals surface area contributed by atoms with Gasteiger partial charge in [-0.15, -0.1) is 5.10 Å². The van der Waals surface area contributed by atoms with Crippen LogP contribution in [0.5, 0.6) is 0 Å². The average molecular weight is 495 g/mol. The lowest BCUT2D eigenvalue weighted by Crippen LogP contribution is -2.38. The number of ether oxygens (including phenoxy) is 2. The number of hydrogen-bond donors (Lipinski definition) is 0. The maximum atomic E-state index is 5.96. The van der Waals surface area contributed by atoms with Gasteiger partial charge in [-0.2, -0.15) is 0 Å². The number of rotatable bonds is 7. The van der Waals surface area contributed by atoms with Crippen LogP contribution in [-0.4, -0.2) is 78.9 Å². The summed E-state index contributed by atoms with van der Waals surface area (Å²) in [4.78, 5) is 6.89. The van der Waals surface area contributed by atoms with Crippen molar-refractivity contribution in [1.29, 1.82) is 0 Å². The Kier molecular flexibility index (Phi) is 7.48. The van der Waals surface area contributed by atoms with E-state index in [0.717, 1.165) is 57.6 Å². The minimum atomic E-state index is 0.611. The van der Waals surface area contributed by atoms with Gasteiger partial charge in [-0.25, -0.2) is 4.68 Å². The summed E-state index contributed by atoms with van der Waals surface area (Å²) in [6.45, 7) is 10.1. The van der Waals surface area contributed by atoms with Gasteiger partial charge in [0.05, 0.1) is 38.8 Å². The minimum Gasteiger partial charge on any atom is -0.378 e. The Morgan fingerprint density at radius 3 is 2.17 bits per heavy atom. The van der Waals surface area contributed by atoms with Gasteiger partial charge in [0.25, 0.3) is 0 Å². The fourth-order valence-corrected chi connectivity index (χ4v) is 4.98. The number of aryl methyl sites for hydroxylation is 1. The molecule has 2 aliphatic heterocycles. The van der Waals surface area contributed by atoms with E-state index in [0.29, 0.717) is 24.7 Å². The van der Waals surface area contributed by atoms with Crippen LogP contribution in [0, 0.1) is 11.7 Å². The Hall–Kier alpha value is -2.72. The van der Waals surface area contributed by atoms with E-state index < -0.39 is 0 Å². The summed E-state index contributed by atoms with van der Waals surface area (Å²) in [5.74, 6) is 0.885. The minimum absolute atomic E-state index is 0.611. The monoisotopic (exact) mass is 494 g/mol. The summed E-state index contributed by atoms with van der Waals surface area (Å²) in [5, 5.41) is 4.99. The zero-order chi connectivity index (χ0) is 24.2. The molecular formula is C26H34N6O2S. The van der Waals surface area contributed by atoms with E-state index in [9.17, 15) is 0 Å². The highest BCUT2D eigenvalue weighted by atomic mass is 32.1. The Labute approximate surface area is 212 Å². The first-order valence-corrected chi connectivity index (χ1v) is 12.7. The zero-order valence-corrected chi connectivity index (χ0v) is 21.4. The third-order valence-corrected chi connectivity index (χ3v) is 7.01. The highest BCUT2D eigenvalue weighted by molar-refractivity contribution is 7.71. The number of para-hydroxylation sites is 1. The second kappa shape index (κ2) is 10.9. The molecule has 0 N–H and O–H groups in total. The fraction of sp³-hybridized carbons (Fsp3) is 0.462. The van der Waals surface area contributed by atoms with Crippen molar-refractivity contribution in [1.82, 2.24) is 19.2 Å². The molecule has 9 heteroatoms. The maximum Gasteiger partial charge on any atom is 0.230 e. The lowest BCUT2D eigenvalue weighted by Gasteiger charge is -2.29. The van der Waals surface area contributed by atoms with E-state index in [-0.39, 0.29) is 0 Å². The van der Waals surface area contributed by atoms with Gasteiger partial charge in [-0.1, -0.05) is 30.3 Å². The van der Waals surface area contributed by atoms with Gasteiger partial charge in [0, 0.05) is 38.4 Å². The molecule has 3 aromatic rings. The number of anilines is 2. The highest BCUT2D eigenvalue weighted by Crippen LogP contribution is 2.24. The van der Waals surface area contributed by atoms with Crippen LogP contribution in [0.25, 0.3) is 5.69 Å². The lowest BCUT2D eigenvalue weighted by atomic mass is 10.2. The van der Waals surface area contributed by atoms with E-state index in [4.69, 9.17) is 26.8 Å². The normalized spacial score (nSPS) is 16.8. The molecule has 1 aromatic heterocycles. The van der Waals surface area contributed by atoms with E-state index in [2.05, 4.69) is 81.8 Å². The van der Waals surface area contributed by atoms with Crippen molar-refractivity contribution in [2.24, 2.45) is 0 Å². The molecular weight excluding hydrogens is 460 g/mol. The molecule has 0 atom stereocenters. The summed E-state index contributed by atoms with van der Waals surface area (Å²) in [6.07, 6.45) is 0. The molecule has 5 rings (SSSR count). The van der Waals surface area contributed by atoms with Crippen molar-refractivity contribution in [2.45, 2.75) is 20.1 Å². The van der Waals surface area contributed by atoms with E-state index in [1.54, 1.807) is 0 Å². The van der Waals surface area contributed by atoms with Gasteiger partial charge in [-0.05, 0) is 55.5 Å². The molecule has 0 unspecified atom stereocenters. The molecule has 0 radical (unpaired) electrons. The average Bonchev–Trinajstić information content (AvgIpc) is 3.21. The SMILES string of the molecule is Cc1ccccc1-n1c(N2CCOCC2)nn(CN(C)Cc2ccc(N3CCOCC3)cc2)c1=S. The highest BCUT2D eigenvalue weighted by Gasteiger charge is 2.22. The van der Waals surface area contributed by atoms with Gasteiger partial charge in [0.1, 0.15) is 0 Å². The van der Waals surface area contributed by atoms with Gasteiger partial charge in [0.2, 0.25) is 10.7 Å². The lowest BCUT2D eigenvalue weighted by molar-refractivity contribution is 0.121. The summed E-state index contributed by atoms with van der Waals surface area (Å²) in [6, 6.07) is 17.2.